The Balaban J connectivity index is 1.91. The summed E-state index contributed by atoms with van der Waals surface area (Å²) in [7, 11) is 1.99. The van der Waals surface area contributed by atoms with Gasteiger partial charge in [0.15, 0.2) is 11.8 Å². The van der Waals surface area contributed by atoms with Crippen molar-refractivity contribution in [2.45, 2.75) is 84.7 Å². The van der Waals surface area contributed by atoms with Crippen molar-refractivity contribution in [1.29, 1.82) is 0 Å². The maximum atomic E-state index is 4.76. The van der Waals surface area contributed by atoms with Gasteiger partial charge in [-0.1, -0.05) is 33.1 Å². The van der Waals surface area contributed by atoms with Crippen LogP contribution in [-0.4, -0.2) is 33.3 Å². The molecule has 0 amide bonds. The summed E-state index contributed by atoms with van der Waals surface area (Å²) in [4.78, 5) is 4.76. The van der Waals surface area contributed by atoms with Crippen molar-refractivity contribution in [2.75, 3.05) is 6.54 Å². The van der Waals surface area contributed by atoms with E-state index >= 15 is 0 Å². The molecule has 1 aliphatic carbocycles. The molecule has 0 saturated heterocycles. The largest absolute Gasteiger partial charge is 0.356 e. The van der Waals surface area contributed by atoms with Gasteiger partial charge in [-0.3, -0.25) is 0 Å². The zero-order chi connectivity index (χ0) is 18.1. The monoisotopic (exact) mass is 348 g/mol. The molecule has 0 atom stereocenters. The van der Waals surface area contributed by atoms with E-state index in [1.807, 2.05) is 18.5 Å². The fourth-order valence-electron chi connectivity index (χ4n) is 3.47. The Hall–Kier alpha value is -1.59. The van der Waals surface area contributed by atoms with E-state index in [0.29, 0.717) is 12.6 Å². The first-order valence-corrected chi connectivity index (χ1v) is 10.0. The minimum Gasteiger partial charge on any atom is -0.356 e. The standard InChI is InChI=1S/C19H36N6/c1-5-7-13-20-19(21-14-18-24-23-15(3)25(18)4)22-17-11-9-16(8-6-2)10-12-17/h16-17H,5-14H2,1-4H3,(H2,20,21,22). The Bertz CT molecular complexity index is 528. The zero-order valence-electron chi connectivity index (χ0n) is 16.5. The Morgan fingerprint density at radius 2 is 1.92 bits per heavy atom. The lowest BCUT2D eigenvalue weighted by Gasteiger charge is -2.30. The van der Waals surface area contributed by atoms with Crippen LogP contribution in [0.25, 0.3) is 0 Å². The molecule has 6 heteroatoms. The number of aliphatic imine (C=N–C) groups is 1. The molecular formula is C19H36N6. The third-order valence-corrected chi connectivity index (χ3v) is 5.27. The maximum Gasteiger partial charge on any atom is 0.191 e. The van der Waals surface area contributed by atoms with Crippen molar-refractivity contribution < 1.29 is 0 Å². The lowest BCUT2D eigenvalue weighted by Crippen LogP contribution is -2.45. The van der Waals surface area contributed by atoms with Gasteiger partial charge in [0.2, 0.25) is 0 Å². The number of aryl methyl sites for hydroxylation is 1. The van der Waals surface area contributed by atoms with Crippen LogP contribution in [0.2, 0.25) is 0 Å². The summed E-state index contributed by atoms with van der Waals surface area (Å²) in [6.07, 6.45) is 10.2. The van der Waals surface area contributed by atoms with E-state index in [1.165, 1.54) is 44.9 Å². The van der Waals surface area contributed by atoms with Gasteiger partial charge in [0, 0.05) is 19.6 Å². The highest BCUT2D eigenvalue weighted by atomic mass is 15.3. The second-order valence-electron chi connectivity index (χ2n) is 7.32. The van der Waals surface area contributed by atoms with Gasteiger partial charge in [0.05, 0.1) is 0 Å². The highest BCUT2D eigenvalue weighted by Crippen LogP contribution is 2.27. The SMILES string of the molecule is CCCCNC(=NCc1nnc(C)n1C)NC1CCC(CCC)CC1. The fourth-order valence-corrected chi connectivity index (χ4v) is 3.47. The van der Waals surface area contributed by atoms with Crippen LogP contribution in [-0.2, 0) is 13.6 Å². The number of aromatic nitrogens is 3. The van der Waals surface area contributed by atoms with Crippen molar-refractivity contribution in [3.63, 3.8) is 0 Å². The van der Waals surface area contributed by atoms with E-state index in [1.54, 1.807) is 0 Å². The number of rotatable bonds is 8. The molecular weight excluding hydrogens is 312 g/mol. The van der Waals surface area contributed by atoms with Gasteiger partial charge in [-0.15, -0.1) is 10.2 Å². The van der Waals surface area contributed by atoms with Crippen LogP contribution < -0.4 is 10.6 Å². The molecule has 0 radical (unpaired) electrons. The van der Waals surface area contributed by atoms with Crippen molar-refractivity contribution in [1.82, 2.24) is 25.4 Å². The molecule has 142 valence electrons. The van der Waals surface area contributed by atoms with Gasteiger partial charge in [-0.25, -0.2) is 4.99 Å². The van der Waals surface area contributed by atoms with E-state index in [-0.39, 0.29) is 0 Å². The molecule has 1 aromatic rings. The van der Waals surface area contributed by atoms with E-state index in [4.69, 9.17) is 4.99 Å². The second kappa shape index (κ2) is 10.4. The Kier molecular flexibility index (Phi) is 8.22. The summed E-state index contributed by atoms with van der Waals surface area (Å²) in [5, 5.41) is 15.5. The van der Waals surface area contributed by atoms with Crippen LogP contribution in [0.5, 0.6) is 0 Å². The van der Waals surface area contributed by atoms with Crippen LogP contribution in [0.3, 0.4) is 0 Å². The molecule has 1 heterocycles. The predicted molar refractivity (Wildman–Crippen MR) is 104 cm³/mol. The van der Waals surface area contributed by atoms with Crippen LogP contribution in [0, 0.1) is 12.8 Å². The van der Waals surface area contributed by atoms with Gasteiger partial charge in [-0.2, -0.15) is 0 Å². The van der Waals surface area contributed by atoms with E-state index in [9.17, 15) is 0 Å². The smallest absolute Gasteiger partial charge is 0.191 e. The summed E-state index contributed by atoms with van der Waals surface area (Å²) < 4.78 is 2.00. The first-order chi connectivity index (χ1) is 12.1. The molecule has 1 fully saturated rings. The van der Waals surface area contributed by atoms with Crippen LogP contribution in [0.4, 0.5) is 0 Å². The number of hydrogen-bond acceptors (Lipinski definition) is 3. The summed E-state index contributed by atoms with van der Waals surface area (Å²) in [6.45, 7) is 7.99. The minimum atomic E-state index is 0.544. The zero-order valence-corrected chi connectivity index (χ0v) is 16.5. The van der Waals surface area contributed by atoms with Gasteiger partial charge >= 0.3 is 0 Å². The van der Waals surface area contributed by atoms with Gasteiger partial charge in [-0.05, 0) is 44.9 Å². The molecule has 0 aliphatic heterocycles. The molecule has 2 rings (SSSR count). The van der Waals surface area contributed by atoms with Crippen molar-refractivity contribution >= 4 is 5.96 Å². The molecule has 0 unspecified atom stereocenters. The summed E-state index contributed by atoms with van der Waals surface area (Å²) in [6, 6.07) is 0.544. The number of guanidine groups is 1. The fraction of sp³-hybridized carbons (Fsp3) is 0.842. The first-order valence-electron chi connectivity index (χ1n) is 10.0. The normalized spacial score (nSPS) is 21.4. The van der Waals surface area contributed by atoms with Crippen LogP contribution in [0.15, 0.2) is 4.99 Å². The Morgan fingerprint density at radius 1 is 1.16 bits per heavy atom. The highest BCUT2D eigenvalue weighted by molar-refractivity contribution is 5.80. The predicted octanol–water partition coefficient (Wildman–Crippen LogP) is 3.32. The van der Waals surface area contributed by atoms with Gasteiger partial charge in [0.25, 0.3) is 0 Å². The third-order valence-electron chi connectivity index (χ3n) is 5.27. The topological polar surface area (TPSA) is 67.1 Å². The van der Waals surface area contributed by atoms with Crippen LogP contribution >= 0.6 is 0 Å². The summed E-state index contributed by atoms with van der Waals surface area (Å²) in [5.41, 5.74) is 0. The van der Waals surface area contributed by atoms with Crippen LogP contribution in [0.1, 0.15) is 76.9 Å². The Morgan fingerprint density at radius 3 is 2.52 bits per heavy atom. The molecule has 1 aromatic heterocycles. The number of nitrogens with one attached hydrogen (secondary N) is 2. The van der Waals surface area contributed by atoms with Crippen molar-refractivity contribution in [2.24, 2.45) is 18.0 Å². The molecule has 0 spiro atoms. The lowest BCUT2D eigenvalue weighted by atomic mass is 9.83. The molecule has 0 bridgehead atoms. The lowest BCUT2D eigenvalue weighted by molar-refractivity contribution is 0.294. The number of hydrogen-bond donors (Lipinski definition) is 2. The summed E-state index contributed by atoms with van der Waals surface area (Å²) in [5.74, 6) is 3.68. The maximum absolute atomic E-state index is 4.76. The van der Waals surface area contributed by atoms with E-state index < -0.39 is 0 Å². The molecule has 1 saturated carbocycles. The number of unbranched alkanes of at least 4 members (excludes halogenated alkanes) is 1. The van der Waals surface area contributed by atoms with Crippen molar-refractivity contribution in [3.8, 4) is 0 Å². The van der Waals surface area contributed by atoms with Gasteiger partial charge < -0.3 is 15.2 Å². The number of nitrogens with zero attached hydrogens (tertiary/aromatic N) is 4. The van der Waals surface area contributed by atoms with Gasteiger partial charge in [0.1, 0.15) is 12.4 Å². The first kappa shape index (κ1) is 19.7. The molecule has 6 nitrogen and oxygen atoms in total. The summed E-state index contributed by atoms with van der Waals surface area (Å²) >= 11 is 0. The molecule has 0 aromatic carbocycles. The van der Waals surface area contributed by atoms with E-state index in [0.717, 1.165) is 36.5 Å². The minimum absolute atomic E-state index is 0.544. The van der Waals surface area contributed by atoms with Crippen molar-refractivity contribution in [3.05, 3.63) is 11.6 Å². The third kappa shape index (κ3) is 6.33. The quantitative estimate of drug-likeness (QED) is 0.430. The molecule has 1 aliphatic rings. The average molecular weight is 349 g/mol. The highest BCUT2D eigenvalue weighted by Gasteiger charge is 2.21. The van der Waals surface area contributed by atoms with E-state index in [2.05, 4.69) is 34.7 Å². The molecule has 25 heavy (non-hydrogen) atoms. The average Bonchev–Trinajstić information content (AvgIpc) is 2.93. The molecule has 2 N–H and O–H groups in total. The second-order valence-corrected chi connectivity index (χ2v) is 7.32. The Labute approximate surface area is 152 Å².